The summed E-state index contributed by atoms with van der Waals surface area (Å²) in [5.41, 5.74) is 6.60. The number of aryl methyl sites for hydroxylation is 1. The summed E-state index contributed by atoms with van der Waals surface area (Å²) < 4.78 is 0. The lowest BCUT2D eigenvalue weighted by Gasteiger charge is -2.37. The van der Waals surface area contributed by atoms with Crippen molar-refractivity contribution in [1.29, 1.82) is 0 Å². The Hall–Kier alpha value is -2.00. The molecule has 3 nitrogen and oxygen atoms in total. The minimum absolute atomic E-state index is 0.922. The number of fused-ring (bicyclic) bond motifs is 1. The minimum atomic E-state index is 0.922. The molecule has 1 aliphatic heterocycles. The highest BCUT2D eigenvalue weighted by Gasteiger charge is 2.21. The number of rotatable bonds is 3. The Bertz CT molecular complexity index is 636. The molecule has 0 unspecified atom stereocenters. The molecule has 0 saturated carbocycles. The Kier molecular flexibility index (Phi) is 3.84. The average Bonchev–Trinajstić information content (AvgIpc) is 2.50. The summed E-state index contributed by atoms with van der Waals surface area (Å²) in [6, 6.07) is 15.4. The molecule has 1 aliphatic rings. The molecular weight excluding hydrogens is 258 g/mol. The molecular formula is C18H23N3. The van der Waals surface area contributed by atoms with Crippen molar-refractivity contribution in [2.24, 2.45) is 0 Å². The van der Waals surface area contributed by atoms with E-state index in [0.29, 0.717) is 0 Å². The average molecular weight is 281 g/mol. The summed E-state index contributed by atoms with van der Waals surface area (Å²) in [6.45, 7) is 5.19. The summed E-state index contributed by atoms with van der Waals surface area (Å²) in [5, 5.41) is 3.22. The molecule has 0 spiro atoms. The van der Waals surface area contributed by atoms with Crippen LogP contribution in [0, 0.1) is 6.92 Å². The Morgan fingerprint density at radius 1 is 1.05 bits per heavy atom. The maximum Gasteiger partial charge on any atom is 0.0649 e. The number of benzene rings is 2. The SMILES string of the molecule is CNCc1ccc(N2CCN(C)c3ccccc32)cc1C. The van der Waals surface area contributed by atoms with Gasteiger partial charge in [0.2, 0.25) is 0 Å². The molecule has 1 heterocycles. The highest BCUT2D eigenvalue weighted by atomic mass is 15.3. The fourth-order valence-corrected chi connectivity index (χ4v) is 3.01. The van der Waals surface area contributed by atoms with E-state index in [1.54, 1.807) is 0 Å². The smallest absolute Gasteiger partial charge is 0.0649 e. The first kappa shape index (κ1) is 14.0. The highest BCUT2D eigenvalue weighted by molar-refractivity contribution is 5.79. The van der Waals surface area contributed by atoms with Gasteiger partial charge in [-0.05, 0) is 49.4 Å². The zero-order valence-electron chi connectivity index (χ0n) is 13.1. The maximum atomic E-state index is 3.22. The van der Waals surface area contributed by atoms with Crippen LogP contribution in [0.5, 0.6) is 0 Å². The van der Waals surface area contributed by atoms with Crippen LogP contribution in [0.3, 0.4) is 0 Å². The van der Waals surface area contributed by atoms with E-state index in [-0.39, 0.29) is 0 Å². The van der Waals surface area contributed by atoms with Crippen molar-refractivity contribution in [1.82, 2.24) is 5.32 Å². The van der Waals surface area contributed by atoms with Crippen molar-refractivity contribution in [3.63, 3.8) is 0 Å². The molecule has 3 rings (SSSR count). The molecule has 0 bridgehead atoms. The van der Waals surface area contributed by atoms with Crippen LogP contribution in [0.1, 0.15) is 11.1 Å². The van der Waals surface area contributed by atoms with Crippen LogP contribution in [0.15, 0.2) is 42.5 Å². The quantitative estimate of drug-likeness (QED) is 0.931. The molecule has 0 radical (unpaired) electrons. The van der Waals surface area contributed by atoms with Crippen LogP contribution in [-0.2, 0) is 6.54 Å². The largest absolute Gasteiger partial charge is 0.371 e. The van der Waals surface area contributed by atoms with E-state index in [2.05, 4.69) is 71.6 Å². The molecule has 21 heavy (non-hydrogen) atoms. The minimum Gasteiger partial charge on any atom is -0.371 e. The van der Waals surface area contributed by atoms with Gasteiger partial charge >= 0.3 is 0 Å². The van der Waals surface area contributed by atoms with Gasteiger partial charge in [-0.15, -0.1) is 0 Å². The van der Waals surface area contributed by atoms with E-state index >= 15 is 0 Å². The van der Waals surface area contributed by atoms with Crippen LogP contribution in [0.25, 0.3) is 0 Å². The Morgan fingerprint density at radius 2 is 1.81 bits per heavy atom. The normalized spacial score (nSPS) is 14.2. The third-order valence-corrected chi connectivity index (χ3v) is 4.25. The van der Waals surface area contributed by atoms with Crippen LogP contribution in [-0.4, -0.2) is 27.2 Å². The number of nitrogens with one attached hydrogen (secondary N) is 1. The molecule has 2 aromatic rings. The number of para-hydroxylation sites is 2. The van der Waals surface area contributed by atoms with Crippen molar-refractivity contribution >= 4 is 17.1 Å². The maximum absolute atomic E-state index is 3.22. The van der Waals surface area contributed by atoms with E-state index in [1.165, 1.54) is 28.2 Å². The number of nitrogens with zero attached hydrogens (tertiary/aromatic N) is 2. The molecule has 110 valence electrons. The van der Waals surface area contributed by atoms with E-state index in [0.717, 1.165) is 19.6 Å². The van der Waals surface area contributed by atoms with Gasteiger partial charge in [0.15, 0.2) is 0 Å². The second-order valence-electron chi connectivity index (χ2n) is 5.70. The predicted octanol–water partition coefficient (Wildman–Crippen LogP) is 3.30. The van der Waals surface area contributed by atoms with E-state index in [4.69, 9.17) is 0 Å². The van der Waals surface area contributed by atoms with Crippen molar-refractivity contribution in [2.45, 2.75) is 13.5 Å². The molecule has 0 saturated heterocycles. The van der Waals surface area contributed by atoms with Gasteiger partial charge in [0.05, 0.1) is 11.4 Å². The van der Waals surface area contributed by atoms with Crippen molar-refractivity contribution in [3.05, 3.63) is 53.6 Å². The van der Waals surface area contributed by atoms with Gasteiger partial charge in [-0.2, -0.15) is 0 Å². The summed E-state index contributed by atoms with van der Waals surface area (Å²) in [4.78, 5) is 4.75. The summed E-state index contributed by atoms with van der Waals surface area (Å²) >= 11 is 0. The molecule has 2 aromatic carbocycles. The lowest BCUT2D eigenvalue weighted by atomic mass is 10.1. The van der Waals surface area contributed by atoms with Crippen LogP contribution < -0.4 is 15.1 Å². The third kappa shape index (κ3) is 2.61. The van der Waals surface area contributed by atoms with Crippen LogP contribution in [0.2, 0.25) is 0 Å². The monoisotopic (exact) mass is 281 g/mol. The Balaban J connectivity index is 1.98. The van der Waals surface area contributed by atoms with Crippen molar-refractivity contribution < 1.29 is 0 Å². The Morgan fingerprint density at radius 3 is 2.52 bits per heavy atom. The first-order chi connectivity index (χ1) is 10.2. The number of anilines is 3. The fourth-order valence-electron chi connectivity index (χ4n) is 3.01. The van der Waals surface area contributed by atoms with Gasteiger partial charge in [0.25, 0.3) is 0 Å². The summed E-state index contributed by atoms with van der Waals surface area (Å²) in [6.07, 6.45) is 0. The standard InChI is InChI=1S/C18H23N3/c1-14-12-16(9-8-15(14)13-19-2)21-11-10-20(3)17-6-4-5-7-18(17)21/h4-9,12,19H,10-11,13H2,1-3H3. The topological polar surface area (TPSA) is 18.5 Å². The lowest BCUT2D eigenvalue weighted by Crippen LogP contribution is -2.36. The van der Waals surface area contributed by atoms with Gasteiger partial charge in [-0.25, -0.2) is 0 Å². The molecule has 0 amide bonds. The molecule has 3 heteroatoms. The van der Waals surface area contributed by atoms with E-state index in [9.17, 15) is 0 Å². The van der Waals surface area contributed by atoms with Crippen LogP contribution >= 0.6 is 0 Å². The highest BCUT2D eigenvalue weighted by Crippen LogP contribution is 2.37. The molecule has 0 aromatic heterocycles. The van der Waals surface area contributed by atoms with Gasteiger partial charge in [-0.1, -0.05) is 18.2 Å². The van der Waals surface area contributed by atoms with Gasteiger partial charge < -0.3 is 15.1 Å². The Labute approximate surface area is 127 Å². The summed E-state index contributed by atoms with van der Waals surface area (Å²) in [7, 11) is 4.15. The molecule has 0 atom stereocenters. The second-order valence-corrected chi connectivity index (χ2v) is 5.70. The third-order valence-electron chi connectivity index (χ3n) is 4.25. The number of likely N-dealkylation sites (N-methyl/N-ethyl adjacent to an activating group) is 1. The second kappa shape index (κ2) is 5.78. The first-order valence-corrected chi connectivity index (χ1v) is 7.52. The van der Waals surface area contributed by atoms with Gasteiger partial charge in [0.1, 0.15) is 0 Å². The summed E-state index contributed by atoms with van der Waals surface area (Å²) in [5.74, 6) is 0. The van der Waals surface area contributed by atoms with Crippen molar-refractivity contribution in [2.75, 3.05) is 37.0 Å². The van der Waals surface area contributed by atoms with Gasteiger partial charge in [-0.3, -0.25) is 0 Å². The molecule has 0 fully saturated rings. The van der Waals surface area contributed by atoms with E-state index < -0.39 is 0 Å². The fraction of sp³-hybridized carbons (Fsp3) is 0.333. The van der Waals surface area contributed by atoms with Crippen LogP contribution in [0.4, 0.5) is 17.1 Å². The molecule has 1 N–H and O–H groups in total. The van der Waals surface area contributed by atoms with Gasteiger partial charge in [0, 0.05) is 32.4 Å². The predicted molar refractivity (Wildman–Crippen MR) is 90.7 cm³/mol. The number of hydrogen-bond acceptors (Lipinski definition) is 3. The first-order valence-electron chi connectivity index (χ1n) is 7.52. The lowest BCUT2D eigenvalue weighted by molar-refractivity contribution is 0.807. The zero-order chi connectivity index (χ0) is 14.8. The number of hydrogen-bond donors (Lipinski definition) is 1. The zero-order valence-corrected chi connectivity index (χ0v) is 13.1. The van der Waals surface area contributed by atoms with E-state index in [1.807, 2.05) is 7.05 Å². The van der Waals surface area contributed by atoms with Crippen molar-refractivity contribution in [3.8, 4) is 0 Å². The molecule has 0 aliphatic carbocycles.